The molecule has 1 saturated carbocycles. The Hall–Kier alpha value is -0.860. The van der Waals surface area contributed by atoms with Gasteiger partial charge in [-0.2, -0.15) is 0 Å². The fourth-order valence-corrected chi connectivity index (χ4v) is 2.64. The first-order valence-electron chi connectivity index (χ1n) is 6.76. The van der Waals surface area contributed by atoms with Crippen LogP contribution in [0.25, 0.3) is 0 Å². The van der Waals surface area contributed by atoms with E-state index in [1.165, 1.54) is 24.8 Å². The zero-order valence-electron chi connectivity index (χ0n) is 10.6. The van der Waals surface area contributed by atoms with E-state index in [-0.39, 0.29) is 12.1 Å². The van der Waals surface area contributed by atoms with Crippen molar-refractivity contribution in [3.8, 4) is 0 Å². The van der Waals surface area contributed by atoms with E-state index < -0.39 is 0 Å². The van der Waals surface area contributed by atoms with E-state index in [2.05, 4.69) is 36.5 Å². The summed E-state index contributed by atoms with van der Waals surface area (Å²) in [5.41, 5.74) is 1.30. The maximum absolute atomic E-state index is 10.1. The number of nitrogens with one attached hydrogen (secondary N) is 1. The standard InChI is InChI=1S/C15H23NO/c1-12(13-8-4-2-5-9-13)16-14-10-6-3-7-11-15(14)17/h2,4-5,8-9,12,14-17H,3,6-7,10-11H2,1H3/t12-,14?,15?/m0/s1. The second kappa shape index (κ2) is 6.18. The topological polar surface area (TPSA) is 32.3 Å². The average molecular weight is 233 g/mol. The van der Waals surface area contributed by atoms with Crippen molar-refractivity contribution in [2.24, 2.45) is 0 Å². The quantitative estimate of drug-likeness (QED) is 0.787. The number of aliphatic hydroxyl groups is 1. The highest BCUT2D eigenvalue weighted by molar-refractivity contribution is 5.18. The first kappa shape index (κ1) is 12.6. The van der Waals surface area contributed by atoms with E-state index in [9.17, 15) is 5.11 Å². The Labute approximate surface area is 104 Å². The van der Waals surface area contributed by atoms with Crippen molar-refractivity contribution >= 4 is 0 Å². The van der Waals surface area contributed by atoms with Gasteiger partial charge in [0.2, 0.25) is 0 Å². The minimum absolute atomic E-state index is 0.177. The number of rotatable bonds is 3. The second-order valence-electron chi connectivity index (χ2n) is 5.11. The molecule has 2 unspecified atom stereocenters. The van der Waals surface area contributed by atoms with Crippen molar-refractivity contribution < 1.29 is 5.11 Å². The molecule has 0 spiro atoms. The number of aliphatic hydroxyl groups excluding tert-OH is 1. The number of hydrogen-bond donors (Lipinski definition) is 2. The Bertz CT molecular complexity index is 325. The van der Waals surface area contributed by atoms with Gasteiger partial charge >= 0.3 is 0 Å². The van der Waals surface area contributed by atoms with Crippen LogP contribution in [-0.4, -0.2) is 17.3 Å². The molecule has 0 heterocycles. The van der Waals surface area contributed by atoms with Gasteiger partial charge in [-0.1, -0.05) is 49.6 Å². The molecule has 1 aromatic carbocycles. The molecule has 1 fully saturated rings. The molecular weight excluding hydrogens is 210 g/mol. The van der Waals surface area contributed by atoms with Crippen LogP contribution in [-0.2, 0) is 0 Å². The molecule has 0 bridgehead atoms. The molecule has 0 saturated heterocycles. The van der Waals surface area contributed by atoms with Crippen molar-refractivity contribution in [3.63, 3.8) is 0 Å². The predicted molar refractivity (Wildman–Crippen MR) is 70.9 cm³/mol. The third-order valence-electron chi connectivity index (χ3n) is 3.74. The van der Waals surface area contributed by atoms with Gasteiger partial charge in [0, 0.05) is 12.1 Å². The molecule has 2 nitrogen and oxygen atoms in total. The molecule has 1 aliphatic rings. The van der Waals surface area contributed by atoms with Gasteiger partial charge in [0.05, 0.1) is 6.10 Å². The van der Waals surface area contributed by atoms with Crippen molar-refractivity contribution in [2.75, 3.05) is 0 Å². The molecule has 1 aromatic rings. The minimum atomic E-state index is -0.177. The molecule has 94 valence electrons. The van der Waals surface area contributed by atoms with Crippen molar-refractivity contribution in [1.29, 1.82) is 0 Å². The second-order valence-corrected chi connectivity index (χ2v) is 5.11. The molecule has 0 aromatic heterocycles. The van der Waals surface area contributed by atoms with E-state index in [1.807, 2.05) is 6.07 Å². The molecule has 0 radical (unpaired) electrons. The Morgan fingerprint density at radius 1 is 1.12 bits per heavy atom. The summed E-state index contributed by atoms with van der Waals surface area (Å²) in [7, 11) is 0. The molecule has 1 aliphatic carbocycles. The lowest BCUT2D eigenvalue weighted by Crippen LogP contribution is -2.40. The van der Waals surface area contributed by atoms with Crippen LogP contribution in [0.4, 0.5) is 0 Å². The van der Waals surface area contributed by atoms with E-state index in [1.54, 1.807) is 0 Å². The van der Waals surface area contributed by atoms with E-state index in [0.717, 1.165) is 12.8 Å². The summed E-state index contributed by atoms with van der Waals surface area (Å²) >= 11 is 0. The van der Waals surface area contributed by atoms with Gasteiger partial charge in [-0.3, -0.25) is 0 Å². The molecular formula is C15H23NO. The average Bonchev–Trinajstić information content (AvgIpc) is 2.56. The Morgan fingerprint density at radius 3 is 2.59 bits per heavy atom. The maximum atomic E-state index is 10.1. The fourth-order valence-electron chi connectivity index (χ4n) is 2.64. The van der Waals surface area contributed by atoms with Gasteiger partial charge in [-0.15, -0.1) is 0 Å². The fraction of sp³-hybridized carbons (Fsp3) is 0.600. The van der Waals surface area contributed by atoms with E-state index in [0.29, 0.717) is 6.04 Å². The van der Waals surface area contributed by atoms with Crippen molar-refractivity contribution in [2.45, 2.75) is 57.2 Å². The number of hydrogen-bond acceptors (Lipinski definition) is 2. The smallest absolute Gasteiger partial charge is 0.0693 e. The van der Waals surface area contributed by atoms with Crippen LogP contribution in [0.2, 0.25) is 0 Å². The Balaban J connectivity index is 1.95. The monoisotopic (exact) mass is 233 g/mol. The van der Waals surface area contributed by atoms with Crippen LogP contribution < -0.4 is 5.32 Å². The zero-order chi connectivity index (χ0) is 12.1. The molecule has 2 N–H and O–H groups in total. The first-order chi connectivity index (χ1) is 8.27. The summed E-state index contributed by atoms with van der Waals surface area (Å²) in [5.74, 6) is 0. The first-order valence-corrected chi connectivity index (χ1v) is 6.76. The zero-order valence-corrected chi connectivity index (χ0v) is 10.6. The highest BCUT2D eigenvalue weighted by atomic mass is 16.3. The van der Waals surface area contributed by atoms with Crippen LogP contribution in [0, 0.1) is 0 Å². The van der Waals surface area contributed by atoms with Gasteiger partial charge in [-0.25, -0.2) is 0 Å². The van der Waals surface area contributed by atoms with Crippen LogP contribution in [0.1, 0.15) is 50.6 Å². The summed E-state index contributed by atoms with van der Waals surface area (Å²) < 4.78 is 0. The third kappa shape index (κ3) is 3.55. The molecule has 2 heteroatoms. The summed E-state index contributed by atoms with van der Waals surface area (Å²) in [5, 5.41) is 13.7. The Morgan fingerprint density at radius 2 is 1.82 bits per heavy atom. The van der Waals surface area contributed by atoms with Gasteiger partial charge in [0.15, 0.2) is 0 Å². The summed E-state index contributed by atoms with van der Waals surface area (Å²) in [4.78, 5) is 0. The highest BCUT2D eigenvalue weighted by Gasteiger charge is 2.22. The molecule has 17 heavy (non-hydrogen) atoms. The van der Waals surface area contributed by atoms with Gasteiger partial charge in [0.25, 0.3) is 0 Å². The third-order valence-corrected chi connectivity index (χ3v) is 3.74. The summed E-state index contributed by atoms with van der Waals surface area (Å²) in [6.45, 7) is 2.17. The van der Waals surface area contributed by atoms with Gasteiger partial charge in [0.1, 0.15) is 0 Å². The molecule has 0 aliphatic heterocycles. The van der Waals surface area contributed by atoms with E-state index in [4.69, 9.17) is 0 Å². The lowest BCUT2D eigenvalue weighted by molar-refractivity contribution is 0.115. The van der Waals surface area contributed by atoms with Gasteiger partial charge < -0.3 is 10.4 Å². The predicted octanol–water partition coefficient (Wildman–Crippen LogP) is 3.03. The largest absolute Gasteiger partial charge is 0.392 e. The molecule has 3 atom stereocenters. The van der Waals surface area contributed by atoms with Crippen LogP contribution in [0.15, 0.2) is 30.3 Å². The molecule has 0 amide bonds. The van der Waals surface area contributed by atoms with Crippen molar-refractivity contribution in [3.05, 3.63) is 35.9 Å². The highest BCUT2D eigenvalue weighted by Crippen LogP contribution is 2.21. The summed E-state index contributed by atoms with van der Waals surface area (Å²) in [6, 6.07) is 11.0. The summed E-state index contributed by atoms with van der Waals surface area (Å²) in [6.07, 6.45) is 5.52. The number of benzene rings is 1. The molecule has 2 rings (SSSR count). The van der Waals surface area contributed by atoms with Crippen molar-refractivity contribution in [1.82, 2.24) is 5.32 Å². The minimum Gasteiger partial charge on any atom is -0.392 e. The lowest BCUT2D eigenvalue weighted by atomic mass is 10.0. The van der Waals surface area contributed by atoms with Crippen LogP contribution >= 0.6 is 0 Å². The van der Waals surface area contributed by atoms with Crippen LogP contribution in [0.3, 0.4) is 0 Å². The lowest BCUT2D eigenvalue weighted by Gasteiger charge is -2.26. The van der Waals surface area contributed by atoms with Crippen LogP contribution in [0.5, 0.6) is 0 Å². The van der Waals surface area contributed by atoms with Gasteiger partial charge in [-0.05, 0) is 25.3 Å². The SMILES string of the molecule is C[C@H](NC1CCCCCC1O)c1ccccc1. The Kier molecular flexibility index (Phi) is 4.57. The normalized spacial score (nSPS) is 27.4. The maximum Gasteiger partial charge on any atom is 0.0693 e. The van der Waals surface area contributed by atoms with E-state index >= 15 is 0 Å².